The Hall–Kier alpha value is -1.61. The third kappa shape index (κ3) is 0.938. The van der Waals surface area contributed by atoms with Gasteiger partial charge in [-0.3, -0.25) is 0 Å². The Morgan fingerprint density at radius 2 is 2.06 bits per heavy atom. The molecule has 16 heavy (non-hydrogen) atoms. The summed E-state index contributed by atoms with van der Waals surface area (Å²) in [6.45, 7) is 0. The second kappa shape index (κ2) is 2.74. The van der Waals surface area contributed by atoms with Crippen molar-refractivity contribution in [3.63, 3.8) is 0 Å². The molecule has 1 aromatic heterocycles. The van der Waals surface area contributed by atoms with E-state index in [1.807, 2.05) is 0 Å². The van der Waals surface area contributed by atoms with E-state index in [1.54, 1.807) is 11.3 Å². The molecule has 0 atom stereocenters. The number of nitrogens with two attached hydrogens (primary N) is 1. The molecule has 78 valence electrons. The van der Waals surface area contributed by atoms with Crippen LogP contribution in [0.3, 0.4) is 0 Å². The predicted octanol–water partition coefficient (Wildman–Crippen LogP) is 3.13. The number of aromatic nitrogens is 1. The van der Waals surface area contributed by atoms with Crippen molar-refractivity contribution < 1.29 is 0 Å². The first-order valence-corrected chi connectivity index (χ1v) is 6.24. The van der Waals surface area contributed by atoms with E-state index in [2.05, 4.69) is 29.2 Å². The van der Waals surface area contributed by atoms with E-state index in [0.717, 1.165) is 11.9 Å². The van der Waals surface area contributed by atoms with Crippen LogP contribution in [0.1, 0.15) is 11.1 Å². The number of rotatable bonds is 0. The summed E-state index contributed by atoms with van der Waals surface area (Å²) in [5.41, 5.74) is 9.79. The number of hydrogen-bond donors (Lipinski definition) is 1. The van der Waals surface area contributed by atoms with Crippen LogP contribution < -0.4 is 5.73 Å². The molecule has 2 aromatic carbocycles. The van der Waals surface area contributed by atoms with Crippen LogP contribution >= 0.6 is 11.3 Å². The maximum Gasteiger partial charge on any atom is 0.181 e. The molecule has 0 saturated heterocycles. The lowest BCUT2D eigenvalue weighted by Gasteiger charge is -2.01. The van der Waals surface area contributed by atoms with Crippen LogP contribution in [0.25, 0.3) is 21.0 Å². The monoisotopic (exact) mass is 226 g/mol. The Kier molecular flexibility index (Phi) is 1.46. The van der Waals surface area contributed by atoms with Gasteiger partial charge in [0.2, 0.25) is 0 Å². The molecule has 3 aromatic rings. The molecule has 0 bridgehead atoms. The lowest BCUT2D eigenvalue weighted by molar-refractivity contribution is 1.03. The smallest absolute Gasteiger partial charge is 0.181 e. The highest BCUT2D eigenvalue weighted by atomic mass is 32.1. The van der Waals surface area contributed by atoms with Crippen molar-refractivity contribution in [2.75, 3.05) is 5.73 Å². The molecule has 0 fully saturated rings. The molecule has 0 unspecified atom stereocenters. The number of benzene rings is 2. The summed E-state index contributed by atoms with van der Waals surface area (Å²) in [5.74, 6) is 0. The zero-order valence-electron chi connectivity index (χ0n) is 8.66. The van der Waals surface area contributed by atoms with E-state index < -0.39 is 0 Å². The maximum atomic E-state index is 5.80. The van der Waals surface area contributed by atoms with Crippen molar-refractivity contribution in [3.05, 3.63) is 35.4 Å². The summed E-state index contributed by atoms with van der Waals surface area (Å²) < 4.78 is 1.22. The fourth-order valence-electron chi connectivity index (χ4n) is 2.72. The quantitative estimate of drug-likeness (QED) is 0.639. The van der Waals surface area contributed by atoms with Gasteiger partial charge in [-0.1, -0.05) is 29.5 Å². The summed E-state index contributed by atoms with van der Waals surface area (Å²) in [7, 11) is 0. The van der Waals surface area contributed by atoms with E-state index in [-0.39, 0.29) is 0 Å². The van der Waals surface area contributed by atoms with E-state index in [1.165, 1.54) is 33.0 Å². The van der Waals surface area contributed by atoms with Gasteiger partial charge in [-0.15, -0.1) is 0 Å². The van der Waals surface area contributed by atoms with Gasteiger partial charge in [0, 0.05) is 5.39 Å². The zero-order valence-corrected chi connectivity index (χ0v) is 9.47. The topological polar surface area (TPSA) is 38.9 Å². The van der Waals surface area contributed by atoms with E-state index in [4.69, 9.17) is 5.73 Å². The van der Waals surface area contributed by atoms with Gasteiger partial charge in [0.1, 0.15) is 0 Å². The number of nitrogens with zero attached hydrogens (tertiary/aromatic N) is 1. The second-order valence-electron chi connectivity index (χ2n) is 4.27. The highest BCUT2D eigenvalue weighted by Gasteiger charge is 2.17. The minimum Gasteiger partial charge on any atom is -0.375 e. The Morgan fingerprint density at radius 3 is 3.00 bits per heavy atom. The van der Waals surface area contributed by atoms with Gasteiger partial charge in [-0.25, -0.2) is 4.98 Å². The fourth-order valence-corrected chi connectivity index (χ4v) is 3.54. The number of aryl methyl sites for hydroxylation is 2. The van der Waals surface area contributed by atoms with Gasteiger partial charge in [0.15, 0.2) is 5.13 Å². The third-order valence-corrected chi connectivity index (χ3v) is 4.20. The first-order valence-electron chi connectivity index (χ1n) is 5.42. The van der Waals surface area contributed by atoms with Crippen LogP contribution in [-0.4, -0.2) is 4.98 Å². The third-order valence-electron chi connectivity index (χ3n) is 3.37. The van der Waals surface area contributed by atoms with Crippen LogP contribution in [0.5, 0.6) is 0 Å². The van der Waals surface area contributed by atoms with Gasteiger partial charge in [-0.05, 0) is 35.4 Å². The fraction of sp³-hybridized carbons (Fsp3) is 0.154. The molecule has 0 saturated carbocycles. The Labute approximate surface area is 96.7 Å². The zero-order chi connectivity index (χ0) is 10.7. The van der Waals surface area contributed by atoms with Gasteiger partial charge in [-0.2, -0.15) is 0 Å². The van der Waals surface area contributed by atoms with E-state index in [0.29, 0.717) is 5.13 Å². The molecule has 4 rings (SSSR count). The summed E-state index contributed by atoms with van der Waals surface area (Å²) in [6, 6.07) is 8.78. The molecule has 0 radical (unpaired) electrons. The summed E-state index contributed by atoms with van der Waals surface area (Å²) in [4.78, 5) is 4.45. The molecule has 3 heteroatoms. The molecule has 2 nitrogen and oxygen atoms in total. The molecule has 1 heterocycles. The largest absolute Gasteiger partial charge is 0.375 e. The number of nitrogen functional groups attached to an aromatic ring is 1. The lowest BCUT2D eigenvalue weighted by Crippen LogP contribution is -1.82. The molecule has 1 aliphatic rings. The minimum atomic E-state index is 0.666. The van der Waals surface area contributed by atoms with Crippen molar-refractivity contribution in [2.24, 2.45) is 0 Å². The second-order valence-corrected chi connectivity index (χ2v) is 5.34. The summed E-state index contributed by atoms with van der Waals surface area (Å²) in [6.07, 6.45) is 2.32. The number of thiazole rings is 1. The van der Waals surface area contributed by atoms with E-state index in [9.17, 15) is 0 Å². The van der Waals surface area contributed by atoms with Crippen LogP contribution in [0.15, 0.2) is 24.3 Å². The normalized spacial score (nSPS) is 14.0. The van der Waals surface area contributed by atoms with Crippen LogP contribution in [0, 0.1) is 0 Å². The molecular formula is C13H10N2S. The SMILES string of the molecule is Nc1nc2c(cc3c4c(cccc42)CC3)s1. The molecule has 0 spiro atoms. The molecule has 2 N–H and O–H groups in total. The lowest BCUT2D eigenvalue weighted by atomic mass is 10.0. The van der Waals surface area contributed by atoms with Crippen molar-refractivity contribution in [3.8, 4) is 0 Å². The van der Waals surface area contributed by atoms with Gasteiger partial charge in [0.25, 0.3) is 0 Å². The van der Waals surface area contributed by atoms with Crippen molar-refractivity contribution >= 4 is 37.5 Å². The predicted molar refractivity (Wildman–Crippen MR) is 68.9 cm³/mol. The highest BCUT2D eigenvalue weighted by molar-refractivity contribution is 7.22. The highest BCUT2D eigenvalue weighted by Crippen LogP contribution is 2.38. The van der Waals surface area contributed by atoms with Crippen LogP contribution in [0.4, 0.5) is 5.13 Å². The standard InChI is InChI=1S/C13H10N2S/c14-13-15-12-9-3-1-2-7-4-5-8(11(7)9)6-10(12)16-13/h1-3,6H,4-5H2,(H2,14,15). The van der Waals surface area contributed by atoms with Crippen molar-refractivity contribution in [1.82, 2.24) is 4.98 Å². The van der Waals surface area contributed by atoms with Crippen molar-refractivity contribution in [1.29, 1.82) is 0 Å². The molecular weight excluding hydrogens is 216 g/mol. The van der Waals surface area contributed by atoms with Crippen LogP contribution in [0.2, 0.25) is 0 Å². The number of anilines is 1. The first-order chi connectivity index (χ1) is 7.83. The summed E-state index contributed by atoms with van der Waals surface area (Å²) >= 11 is 1.59. The average molecular weight is 226 g/mol. The van der Waals surface area contributed by atoms with Crippen LogP contribution in [-0.2, 0) is 12.8 Å². The van der Waals surface area contributed by atoms with Crippen molar-refractivity contribution in [2.45, 2.75) is 12.8 Å². The average Bonchev–Trinajstić information content (AvgIpc) is 2.84. The number of fused-ring (bicyclic) bond motifs is 2. The van der Waals surface area contributed by atoms with Gasteiger partial charge in [0.05, 0.1) is 10.2 Å². The number of hydrogen-bond acceptors (Lipinski definition) is 3. The Morgan fingerprint density at radius 1 is 1.19 bits per heavy atom. The molecule has 0 aliphatic heterocycles. The van der Waals surface area contributed by atoms with Gasteiger partial charge >= 0.3 is 0 Å². The van der Waals surface area contributed by atoms with Gasteiger partial charge < -0.3 is 5.73 Å². The summed E-state index contributed by atoms with van der Waals surface area (Å²) in [5, 5.41) is 3.36. The molecule has 0 amide bonds. The Bertz CT molecular complexity index is 727. The Balaban J connectivity index is 2.34. The van der Waals surface area contributed by atoms with E-state index >= 15 is 0 Å². The maximum absolute atomic E-state index is 5.80. The first kappa shape index (κ1) is 8.53. The molecule has 1 aliphatic carbocycles. The minimum absolute atomic E-state index is 0.666.